The summed E-state index contributed by atoms with van der Waals surface area (Å²) in [5.74, 6) is 0.181. The lowest BCUT2D eigenvalue weighted by Crippen LogP contribution is -2.33. The van der Waals surface area contributed by atoms with Crippen molar-refractivity contribution in [3.05, 3.63) is 94.3 Å². The van der Waals surface area contributed by atoms with Gasteiger partial charge in [-0.1, -0.05) is 43.3 Å². The highest BCUT2D eigenvalue weighted by Crippen LogP contribution is 2.23. The molecule has 6 heteroatoms. The van der Waals surface area contributed by atoms with Crippen LogP contribution in [0.25, 0.3) is 22.3 Å². The molecule has 1 heterocycles. The smallest absolute Gasteiger partial charge is 0.363 e. The molecule has 0 spiro atoms. The van der Waals surface area contributed by atoms with Crippen molar-refractivity contribution in [2.24, 2.45) is 0 Å². The Morgan fingerprint density at radius 2 is 1.77 bits per heavy atom. The summed E-state index contributed by atoms with van der Waals surface area (Å²) in [5.41, 5.74) is 2.10. The van der Waals surface area contributed by atoms with Gasteiger partial charge in [-0.15, -0.1) is 4.73 Å². The number of benzene rings is 3. The van der Waals surface area contributed by atoms with Gasteiger partial charge >= 0.3 is 5.97 Å². The second-order valence-corrected chi connectivity index (χ2v) is 6.71. The van der Waals surface area contributed by atoms with Crippen LogP contribution in [0.4, 0.5) is 0 Å². The zero-order chi connectivity index (χ0) is 21.1. The van der Waals surface area contributed by atoms with Crippen molar-refractivity contribution in [3.63, 3.8) is 0 Å². The number of aryl methyl sites for hydroxylation is 1. The summed E-state index contributed by atoms with van der Waals surface area (Å²) in [6, 6.07) is 21.1. The first-order valence-electron chi connectivity index (χ1n) is 9.58. The second-order valence-electron chi connectivity index (χ2n) is 6.71. The maximum Gasteiger partial charge on any atom is 0.363 e. The monoisotopic (exact) mass is 400 g/mol. The molecule has 0 saturated heterocycles. The van der Waals surface area contributed by atoms with Crippen LogP contribution in [0, 0.1) is 0 Å². The number of para-hydroxylation sites is 1. The van der Waals surface area contributed by atoms with Crippen molar-refractivity contribution in [1.29, 1.82) is 0 Å². The number of rotatable bonds is 5. The van der Waals surface area contributed by atoms with Crippen molar-refractivity contribution < 1.29 is 14.4 Å². The average molecular weight is 400 g/mol. The largest absolute Gasteiger partial charge is 0.497 e. The third-order valence-corrected chi connectivity index (χ3v) is 4.84. The van der Waals surface area contributed by atoms with Gasteiger partial charge in [0.1, 0.15) is 5.75 Å². The number of hydrogen-bond acceptors (Lipinski definition) is 5. The third-order valence-electron chi connectivity index (χ3n) is 4.84. The zero-order valence-electron chi connectivity index (χ0n) is 16.7. The van der Waals surface area contributed by atoms with Gasteiger partial charge in [0, 0.05) is 5.56 Å². The van der Waals surface area contributed by atoms with E-state index in [1.165, 1.54) is 0 Å². The molecule has 0 radical (unpaired) electrons. The molecule has 0 aliphatic carbocycles. The Bertz CT molecular complexity index is 1280. The van der Waals surface area contributed by atoms with E-state index in [2.05, 4.69) is 4.98 Å². The topological polar surface area (TPSA) is 70.4 Å². The average Bonchev–Trinajstić information content (AvgIpc) is 2.80. The van der Waals surface area contributed by atoms with Gasteiger partial charge < -0.3 is 9.57 Å². The fourth-order valence-electron chi connectivity index (χ4n) is 3.16. The quantitative estimate of drug-likeness (QED) is 0.508. The van der Waals surface area contributed by atoms with E-state index in [-0.39, 0.29) is 5.82 Å². The molecule has 0 amide bonds. The highest BCUT2D eigenvalue weighted by Gasteiger charge is 2.18. The lowest BCUT2D eigenvalue weighted by atomic mass is 10.1. The van der Waals surface area contributed by atoms with E-state index in [1.807, 2.05) is 19.1 Å². The molecule has 0 aliphatic heterocycles. The predicted molar refractivity (Wildman–Crippen MR) is 115 cm³/mol. The highest BCUT2D eigenvalue weighted by molar-refractivity contribution is 5.90. The molecule has 150 valence electrons. The maximum atomic E-state index is 13.2. The molecule has 0 atom stereocenters. The molecule has 0 fully saturated rings. The second kappa shape index (κ2) is 8.21. The zero-order valence-corrected chi connectivity index (χ0v) is 16.7. The van der Waals surface area contributed by atoms with Gasteiger partial charge in [-0.05, 0) is 48.4 Å². The number of nitrogens with zero attached hydrogens (tertiary/aromatic N) is 2. The number of carbonyl (C=O) groups excluding carboxylic acids is 1. The van der Waals surface area contributed by atoms with E-state index in [1.54, 1.807) is 67.8 Å². The van der Waals surface area contributed by atoms with Gasteiger partial charge in [0.2, 0.25) is 0 Å². The number of aromatic nitrogens is 2. The Labute approximate surface area is 173 Å². The molecule has 30 heavy (non-hydrogen) atoms. The van der Waals surface area contributed by atoms with E-state index in [4.69, 9.17) is 9.57 Å². The predicted octanol–water partition coefficient (Wildman–Crippen LogP) is 3.90. The number of ether oxygens (including phenoxy) is 1. The summed E-state index contributed by atoms with van der Waals surface area (Å²) in [6.45, 7) is 2.04. The molecule has 0 unspecified atom stereocenters. The minimum absolute atomic E-state index is 0.219. The van der Waals surface area contributed by atoms with Crippen LogP contribution in [0.2, 0.25) is 0 Å². The molecular weight excluding hydrogens is 380 g/mol. The lowest BCUT2D eigenvalue weighted by Gasteiger charge is -2.13. The van der Waals surface area contributed by atoms with Crippen LogP contribution in [0.15, 0.2) is 77.6 Å². The summed E-state index contributed by atoms with van der Waals surface area (Å²) in [6.07, 6.45) is 0.864. The van der Waals surface area contributed by atoms with E-state index in [9.17, 15) is 9.59 Å². The summed E-state index contributed by atoms with van der Waals surface area (Å²) >= 11 is 0. The molecule has 6 nitrogen and oxygen atoms in total. The SMILES string of the molecule is CCc1ccc(C(=O)On2c(-c3cccc(OC)c3)nc3ccccc3c2=O)cc1. The van der Waals surface area contributed by atoms with Gasteiger partial charge in [-0.25, -0.2) is 9.78 Å². The molecule has 1 aromatic heterocycles. The van der Waals surface area contributed by atoms with Gasteiger partial charge in [0.25, 0.3) is 5.56 Å². The molecule has 4 aromatic rings. The molecular formula is C24H20N2O4. The minimum atomic E-state index is -0.638. The first-order valence-corrected chi connectivity index (χ1v) is 9.58. The lowest BCUT2D eigenvalue weighted by molar-refractivity contribution is 0.0449. The Hall–Kier alpha value is -3.93. The first kappa shape index (κ1) is 19.4. The normalized spacial score (nSPS) is 10.7. The Morgan fingerprint density at radius 1 is 1.00 bits per heavy atom. The third kappa shape index (κ3) is 3.67. The van der Waals surface area contributed by atoms with Crippen molar-refractivity contribution in [1.82, 2.24) is 9.71 Å². The van der Waals surface area contributed by atoms with Gasteiger partial charge in [0.15, 0.2) is 5.82 Å². The van der Waals surface area contributed by atoms with Gasteiger partial charge in [-0.2, -0.15) is 0 Å². The number of fused-ring (bicyclic) bond motifs is 1. The van der Waals surface area contributed by atoms with Crippen LogP contribution in [-0.4, -0.2) is 22.8 Å². The van der Waals surface area contributed by atoms with Crippen LogP contribution in [0.3, 0.4) is 0 Å². The Kier molecular flexibility index (Phi) is 5.30. The number of hydrogen-bond donors (Lipinski definition) is 0. The Morgan fingerprint density at radius 3 is 2.50 bits per heavy atom. The fraction of sp³-hybridized carbons (Fsp3) is 0.125. The molecule has 0 saturated carbocycles. The number of methoxy groups -OCH3 is 1. The van der Waals surface area contributed by atoms with Gasteiger partial charge in [0.05, 0.1) is 23.6 Å². The van der Waals surface area contributed by atoms with Crippen LogP contribution in [-0.2, 0) is 6.42 Å². The van der Waals surface area contributed by atoms with Crippen LogP contribution in [0.5, 0.6) is 5.75 Å². The van der Waals surface area contributed by atoms with E-state index < -0.39 is 11.5 Å². The van der Waals surface area contributed by atoms with Crippen molar-refractivity contribution in [3.8, 4) is 17.1 Å². The minimum Gasteiger partial charge on any atom is -0.497 e. The van der Waals surface area contributed by atoms with Gasteiger partial charge in [-0.3, -0.25) is 4.79 Å². The highest BCUT2D eigenvalue weighted by atomic mass is 16.7. The molecule has 0 N–H and O–H groups in total. The van der Waals surface area contributed by atoms with Crippen LogP contribution in [0.1, 0.15) is 22.8 Å². The van der Waals surface area contributed by atoms with Crippen molar-refractivity contribution in [2.75, 3.05) is 7.11 Å². The van der Waals surface area contributed by atoms with Crippen molar-refractivity contribution in [2.45, 2.75) is 13.3 Å². The summed E-state index contributed by atoms with van der Waals surface area (Å²) in [4.78, 5) is 36.1. The van der Waals surface area contributed by atoms with Crippen molar-refractivity contribution >= 4 is 16.9 Å². The Balaban J connectivity index is 1.85. The standard InChI is InChI=1S/C24H20N2O4/c1-3-16-11-13-17(14-12-16)24(28)30-26-22(18-7-6-8-19(15-18)29-2)25-21-10-5-4-9-20(21)23(26)27/h4-15H,3H2,1-2H3. The number of carbonyl (C=O) groups is 1. The first-order chi connectivity index (χ1) is 14.6. The van der Waals surface area contributed by atoms with E-state index in [0.29, 0.717) is 27.8 Å². The van der Waals surface area contributed by atoms with Crippen LogP contribution < -0.4 is 15.1 Å². The molecule has 0 aliphatic rings. The molecule has 4 rings (SSSR count). The van der Waals surface area contributed by atoms with E-state index in [0.717, 1.165) is 16.7 Å². The summed E-state index contributed by atoms with van der Waals surface area (Å²) < 4.78 is 6.23. The summed E-state index contributed by atoms with van der Waals surface area (Å²) in [5, 5.41) is 0.360. The summed E-state index contributed by atoms with van der Waals surface area (Å²) in [7, 11) is 1.56. The van der Waals surface area contributed by atoms with Crippen LogP contribution >= 0.6 is 0 Å². The maximum absolute atomic E-state index is 13.2. The fourth-order valence-corrected chi connectivity index (χ4v) is 3.16. The van der Waals surface area contributed by atoms with E-state index >= 15 is 0 Å². The molecule has 0 bridgehead atoms. The molecule has 3 aromatic carbocycles.